The van der Waals surface area contributed by atoms with Gasteiger partial charge in [-0.05, 0) is 35.7 Å². The highest BCUT2D eigenvalue weighted by Gasteiger charge is 2.23. The molecule has 6 heteroatoms. The lowest BCUT2D eigenvalue weighted by atomic mass is 10.0. The van der Waals surface area contributed by atoms with Crippen molar-refractivity contribution in [3.63, 3.8) is 0 Å². The number of amides is 1. The molecule has 0 saturated heterocycles. The minimum Gasteiger partial charge on any atom is -0.489 e. The maximum Gasteiger partial charge on any atom is 0.326 e. The molecule has 2 N–H and O–H groups in total. The topological polar surface area (TPSA) is 75.6 Å². The molecule has 0 saturated carbocycles. The molecule has 5 nitrogen and oxygen atoms in total. The fraction of sp³-hybridized carbons (Fsp3) is 0.263. The Hall–Kier alpha value is -2.89. The van der Waals surface area contributed by atoms with Gasteiger partial charge in [-0.25, -0.2) is 9.18 Å². The van der Waals surface area contributed by atoms with Crippen LogP contribution in [-0.4, -0.2) is 23.0 Å². The molecule has 2 rings (SSSR count). The van der Waals surface area contributed by atoms with Crippen molar-refractivity contribution in [2.75, 3.05) is 0 Å². The second-order valence-corrected chi connectivity index (χ2v) is 5.98. The number of carboxylic acids is 1. The van der Waals surface area contributed by atoms with Gasteiger partial charge in [0.15, 0.2) is 0 Å². The van der Waals surface area contributed by atoms with E-state index in [2.05, 4.69) is 5.32 Å². The van der Waals surface area contributed by atoms with E-state index in [1.165, 1.54) is 12.1 Å². The van der Waals surface area contributed by atoms with E-state index < -0.39 is 17.9 Å². The Kier molecular flexibility index (Phi) is 6.11. The molecule has 25 heavy (non-hydrogen) atoms. The van der Waals surface area contributed by atoms with Gasteiger partial charge in [-0.2, -0.15) is 0 Å². The summed E-state index contributed by atoms with van der Waals surface area (Å²) in [4.78, 5) is 23.5. The van der Waals surface area contributed by atoms with Crippen molar-refractivity contribution in [1.82, 2.24) is 5.32 Å². The molecule has 0 fully saturated rings. The summed E-state index contributed by atoms with van der Waals surface area (Å²) in [5, 5.41) is 11.7. The van der Waals surface area contributed by atoms with Crippen molar-refractivity contribution < 1.29 is 23.8 Å². The Bertz CT molecular complexity index is 761. The zero-order valence-electron chi connectivity index (χ0n) is 14.0. The second-order valence-electron chi connectivity index (χ2n) is 5.98. The normalized spacial score (nSPS) is 11.8. The highest BCUT2D eigenvalue weighted by atomic mass is 19.1. The van der Waals surface area contributed by atoms with Crippen LogP contribution >= 0.6 is 0 Å². The average Bonchev–Trinajstić information content (AvgIpc) is 2.57. The Morgan fingerprint density at radius 2 is 1.88 bits per heavy atom. The number of nitrogens with one attached hydrogen (secondary N) is 1. The van der Waals surface area contributed by atoms with E-state index in [9.17, 15) is 14.0 Å². The molecule has 2 aromatic carbocycles. The number of rotatable bonds is 7. The minimum atomic E-state index is -1.08. The third-order valence-electron chi connectivity index (χ3n) is 3.61. The maximum atomic E-state index is 13.1. The van der Waals surface area contributed by atoms with E-state index >= 15 is 0 Å². The predicted molar refractivity (Wildman–Crippen MR) is 90.9 cm³/mol. The van der Waals surface area contributed by atoms with E-state index in [0.717, 1.165) is 0 Å². The molecule has 0 aliphatic heterocycles. The van der Waals surface area contributed by atoms with Crippen LogP contribution in [0.3, 0.4) is 0 Å². The van der Waals surface area contributed by atoms with E-state index in [0.29, 0.717) is 16.9 Å². The van der Waals surface area contributed by atoms with Gasteiger partial charge in [0.05, 0.1) is 0 Å². The van der Waals surface area contributed by atoms with Gasteiger partial charge in [-0.3, -0.25) is 4.79 Å². The SMILES string of the molecule is CC(C)[C@@H](NC(=O)c1cccc(COc2cccc(F)c2)c1)C(=O)O. The number of benzene rings is 2. The van der Waals surface area contributed by atoms with Crippen LogP contribution in [0.15, 0.2) is 48.5 Å². The van der Waals surface area contributed by atoms with E-state index in [1.807, 2.05) is 0 Å². The van der Waals surface area contributed by atoms with Gasteiger partial charge >= 0.3 is 5.97 Å². The number of carbonyl (C=O) groups excluding carboxylic acids is 1. The molecule has 1 amide bonds. The first-order valence-electron chi connectivity index (χ1n) is 7.88. The first kappa shape index (κ1) is 18.4. The summed E-state index contributed by atoms with van der Waals surface area (Å²) in [5.74, 6) is -1.77. The minimum absolute atomic E-state index is 0.164. The van der Waals surface area contributed by atoms with Gasteiger partial charge in [0.1, 0.15) is 24.2 Å². The van der Waals surface area contributed by atoms with E-state index in [4.69, 9.17) is 9.84 Å². The van der Waals surface area contributed by atoms with Gasteiger partial charge < -0.3 is 15.2 Å². The van der Waals surface area contributed by atoms with Crippen molar-refractivity contribution in [2.45, 2.75) is 26.5 Å². The number of carbonyl (C=O) groups is 2. The van der Waals surface area contributed by atoms with Crippen LogP contribution in [0.4, 0.5) is 4.39 Å². The summed E-state index contributed by atoms with van der Waals surface area (Å²) < 4.78 is 18.6. The lowest BCUT2D eigenvalue weighted by Gasteiger charge is -2.18. The maximum absolute atomic E-state index is 13.1. The number of hydrogen-bond acceptors (Lipinski definition) is 3. The molecule has 1 atom stereocenters. The highest BCUT2D eigenvalue weighted by Crippen LogP contribution is 2.15. The molecule has 0 spiro atoms. The quantitative estimate of drug-likeness (QED) is 0.808. The Morgan fingerprint density at radius 3 is 2.52 bits per heavy atom. The predicted octanol–water partition coefficient (Wildman–Crippen LogP) is 3.24. The molecule has 0 aliphatic carbocycles. The number of carboxylic acid groups (broad SMARTS) is 1. The number of ether oxygens (including phenoxy) is 1. The van der Waals surface area contributed by atoms with Crippen LogP contribution in [0.25, 0.3) is 0 Å². The van der Waals surface area contributed by atoms with Crippen molar-refractivity contribution in [3.8, 4) is 5.75 Å². The second kappa shape index (κ2) is 8.28. The monoisotopic (exact) mass is 345 g/mol. The first-order valence-corrected chi connectivity index (χ1v) is 7.88. The van der Waals surface area contributed by atoms with Crippen LogP contribution in [-0.2, 0) is 11.4 Å². The summed E-state index contributed by atoms with van der Waals surface area (Å²) in [7, 11) is 0. The van der Waals surface area contributed by atoms with Crippen molar-refractivity contribution >= 4 is 11.9 Å². The van der Waals surface area contributed by atoms with Crippen molar-refractivity contribution in [2.24, 2.45) is 5.92 Å². The lowest BCUT2D eigenvalue weighted by Crippen LogP contribution is -2.44. The zero-order valence-corrected chi connectivity index (χ0v) is 14.0. The molecule has 0 aliphatic rings. The lowest BCUT2D eigenvalue weighted by molar-refractivity contribution is -0.140. The summed E-state index contributed by atoms with van der Waals surface area (Å²) in [6.45, 7) is 3.61. The van der Waals surface area contributed by atoms with Crippen LogP contribution < -0.4 is 10.1 Å². The molecule has 0 unspecified atom stereocenters. The molecule has 0 radical (unpaired) electrons. The zero-order chi connectivity index (χ0) is 18.4. The Balaban J connectivity index is 2.05. The summed E-state index contributed by atoms with van der Waals surface area (Å²) in [5.41, 5.74) is 1.06. The van der Waals surface area contributed by atoms with Crippen LogP contribution in [0, 0.1) is 11.7 Å². The molecular formula is C19H20FNO4. The molecule has 2 aromatic rings. The van der Waals surface area contributed by atoms with Crippen molar-refractivity contribution in [3.05, 3.63) is 65.5 Å². The Labute approximate surface area is 145 Å². The molecule has 0 bridgehead atoms. The van der Waals surface area contributed by atoms with Crippen LogP contribution in [0.1, 0.15) is 29.8 Å². The van der Waals surface area contributed by atoms with Gasteiger partial charge in [0, 0.05) is 11.6 Å². The average molecular weight is 345 g/mol. The molecular weight excluding hydrogens is 325 g/mol. The van der Waals surface area contributed by atoms with Gasteiger partial charge in [-0.15, -0.1) is 0 Å². The van der Waals surface area contributed by atoms with Gasteiger partial charge in [0.2, 0.25) is 0 Å². The van der Waals surface area contributed by atoms with Gasteiger partial charge in [-0.1, -0.05) is 32.0 Å². The van der Waals surface area contributed by atoms with Crippen molar-refractivity contribution in [1.29, 1.82) is 0 Å². The fourth-order valence-electron chi connectivity index (χ4n) is 2.26. The largest absolute Gasteiger partial charge is 0.489 e. The fourth-order valence-corrected chi connectivity index (χ4v) is 2.26. The number of aliphatic carboxylic acids is 1. The van der Waals surface area contributed by atoms with E-state index in [-0.39, 0.29) is 18.3 Å². The summed E-state index contributed by atoms with van der Waals surface area (Å²) in [6, 6.07) is 11.5. The number of halogens is 1. The molecule has 0 aromatic heterocycles. The van der Waals surface area contributed by atoms with E-state index in [1.54, 1.807) is 50.2 Å². The molecule has 132 valence electrons. The first-order chi connectivity index (χ1) is 11.9. The standard InChI is InChI=1S/C19H20FNO4/c1-12(2)17(19(23)24)21-18(22)14-6-3-5-13(9-14)11-25-16-8-4-7-15(20)10-16/h3-10,12,17H,11H2,1-2H3,(H,21,22)(H,23,24)/t17-/m1/s1. The van der Waals surface area contributed by atoms with Crippen LogP contribution in [0.2, 0.25) is 0 Å². The highest BCUT2D eigenvalue weighted by molar-refractivity contribution is 5.96. The number of hydrogen-bond donors (Lipinski definition) is 2. The smallest absolute Gasteiger partial charge is 0.326 e. The van der Waals surface area contributed by atoms with Crippen LogP contribution in [0.5, 0.6) is 5.75 Å². The third kappa shape index (κ3) is 5.31. The van der Waals surface area contributed by atoms with Gasteiger partial charge in [0.25, 0.3) is 5.91 Å². The molecule has 0 heterocycles. The summed E-state index contributed by atoms with van der Waals surface area (Å²) >= 11 is 0. The Morgan fingerprint density at radius 1 is 1.16 bits per heavy atom. The third-order valence-corrected chi connectivity index (χ3v) is 3.61. The summed E-state index contributed by atoms with van der Waals surface area (Å²) in [6.07, 6.45) is 0.